The molecule has 9 heteroatoms. The molecule has 144 valence electrons. The topological polar surface area (TPSA) is 92.7 Å². The molecule has 0 aliphatic rings. The van der Waals surface area contributed by atoms with Crippen molar-refractivity contribution in [2.24, 2.45) is 0 Å². The summed E-state index contributed by atoms with van der Waals surface area (Å²) in [4.78, 5) is 28.0. The Bertz CT molecular complexity index is 1020. The Kier molecular flexibility index (Phi) is 5.25. The van der Waals surface area contributed by atoms with E-state index in [2.05, 4.69) is 30.6 Å². The molecule has 0 fully saturated rings. The number of rotatable bonds is 5. The van der Waals surface area contributed by atoms with E-state index in [0.717, 1.165) is 6.92 Å². The zero-order valence-corrected chi connectivity index (χ0v) is 15.5. The minimum absolute atomic E-state index is 0.228. The highest BCUT2D eigenvalue weighted by molar-refractivity contribution is 5.89. The number of pyridine rings is 2. The molecule has 0 radical (unpaired) electrons. The Balaban J connectivity index is 2.05. The molecule has 7 nitrogen and oxygen atoms in total. The first-order valence-electron chi connectivity index (χ1n) is 8.42. The Morgan fingerprint density at radius 2 is 1.89 bits per heavy atom. The first-order valence-corrected chi connectivity index (χ1v) is 8.42. The van der Waals surface area contributed by atoms with Crippen LogP contribution in [-0.2, 0) is 10.7 Å². The second-order valence-electron chi connectivity index (χ2n) is 6.21. The third-order valence-corrected chi connectivity index (χ3v) is 3.72. The van der Waals surface area contributed by atoms with Crippen LogP contribution in [-0.4, -0.2) is 25.8 Å². The Labute approximate surface area is 160 Å². The van der Waals surface area contributed by atoms with E-state index in [4.69, 9.17) is 0 Å². The van der Waals surface area contributed by atoms with Crippen LogP contribution in [0, 0.1) is 6.92 Å². The minimum Gasteiger partial charge on any atom is -0.340 e. The molecule has 28 heavy (non-hydrogen) atoms. The van der Waals surface area contributed by atoms with E-state index in [9.17, 15) is 13.6 Å². The number of nitrogens with one attached hydrogen (secondary N) is 2. The molecule has 0 aliphatic carbocycles. The maximum absolute atomic E-state index is 13.6. The number of aromatic nitrogens is 4. The van der Waals surface area contributed by atoms with Gasteiger partial charge in [-0.1, -0.05) is 6.07 Å². The van der Waals surface area contributed by atoms with Gasteiger partial charge in [-0.15, -0.1) is 0 Å². The van der Waals surface area contributed by atoms with Gasteiger partial charge in [-0.25, -0.2) is 19.9 Å². The number of carbonyl (C=O) groups is 1. The summed E-state index contributed by atoms with van der Waals surface area (Å²) in [5.74, 6) is -2.24. The average Bonchev–Trinajstić information content (AvgIpc) is 2.61. The van der Waals surface area contributed by atoms with E-state index in [1.165, 1.54) is 25.3 Å². The number of amides is 1. The van der Waals surface area contributed by atoms with Crippen molar-refractivity contribution < 1.29 is 13.6 Å². The fourth-order valence-corrected chi connectivity index (χ4v) is 2.50. The molecule has 1 amide bonds. The molecular weight excluding hydrogens is 366 g/mol. The van der Waals surface area contributed by atoms with E-state index in [-0.39, 0.29) is 17.4 Å². The molecular formula is C19H18F2N6O. The van der Waals surface area contributed by atoms with Gasteiger partial charge >= 0.3 is 0 Å². The lowest BCUT2D eigenvalue weighted by Crippen LogP contribution is -2.11. The number of hydrogen-bond donors (Lipinski definition) is 2. The van der Waals surface area contributed by atoms with Crippen LogP contribution in [0.3, 0.4) is 0 Å². The molecule has 0 atom stereocenters. The van der Waals surface area contributed by atoms with Crippen molar-refractivity contribution in [3.63, 3.8) is 0 Å². The van der Waals surface area contributed by atoms with Gasteiger partial charge in [-0.3, -0.25) is 4.79 Å². The molecule has 0 unspecified atom stereocenters. The maximum Gasteiger partial charge on any atom is 0.287 e. The van der Waals surface area contributed by atoms with Crippen LogP contribution in [0.25, 0.3) is 11.3 Å². The fraction of sp³-hybridized carbons (Fsp3) is 0.211. The summed E-state index contributed by atoms with van der Waals surface area (Å²) >= 11 is 0. The molecule has 0 aromatic carbocycles. The second-order valence-corrected chi connectivity index (χ2v) is 6.21. The van der Waals surface area contributed by atoms with E-state index in [0.29, 0.717) is 28.6 Å². The van der Waals surface area contributed by atoms with Crippen molar-refractivity contribution in [3.8, 4) is 11.3 Å². The van der Waals surface area contributed by atoms with Crippen LogP contribution in [0.15, 0.2) is 42.7 Å². The van der Waals surface area contributed by atoms with Gasteiger partial charge in [0.2, 0.25) is 5.91 Å². The molecule has 0 spiro atoms. The minimum atomic E-state index is -3.07. The molecule has 0 saturated heterocycles. The van der Waals surface area contributed by atoms with Crippen molar-refractivity contribution in [2.75, 3.05) is 10.6 Å². The number of hydrogen-bond acceptors (Lipinski definition) is 6. The van der Waals surface area contributed by atoms with E-state index < -0.39 is 5.92 Å². The normalized spacial score (nSPS) is 11.2. The Morgan fingerprint density at radius 1 is 1.11 bits per heavy atom. The van der Waals surface area contributed by atoms with Gasteiger partial charge in [0.1, 0.15) is 23.2 Å². The summed E-state index contributed by atoms with van der Waals surface area (Å²) in [6, 6.07) is 7.62. The first kappa shape index (κ1) is 19.3. The largest absolute Gasteiger partial charge is 0.340 e. The van der Waals surface area contributed by atoms with Gasteiger partial charge in [0.15, 0.2) is 0 Å². The van der Waals surface area contributed by atoms with Crippen molar-refractivity contribution in [1.29, 1.82) is 0 Å². The summed E-state index contributed by atoms with van der Waals surface area (Å²) in [5, 5.41) is 5.61. The first-order chi connectivity index (χ1) is 13.2. The summed E-state index contributed by atoms with van der Waals surface area (Å²) in [6.07, 6.45) is 3.15. The lowest BCUT2D eigenvalue weighted by Gasteiger charge is -2.15. The zero-order valence-electron chi connectivity index (χ0n) is 15.5. The lowest BCUT2D eigenvalue weighted by atomic mass is 10.1. The number of anilines is 3. The number of nitrogens with zero attached hydrogens (tertiary/aromatic N) is 4. The molecule has 3 heterocycles. The van der Waals surface area contributed by atoms with E-state index >= 15 is 0 Å². The molecule has 0 saturated carbocycles. The highest BCUT2D eigenvalue weighted by Crippen LogP contribution is 2.31. The third-order valence-electron chi connectivity index (χ3n) is 3.72. The summed E-state index contributed by atoms with van der Waals surface area (Å²) in [5.41, 5.74) is 1.35. The van der Waals surface area contributed by atoms with Gasteiger partial charge in [-0.05, 0) is 25.1 Å². The number of aryl methyl sites for hydroxylation is 1. The van der Waals surface area contributed by atoms with E-state index in [1.807, 2.05) is 0 Å². The standard InChI is InChI=1S/C19H18F2N6O/c1-11-22-8-7-14(24-11)13-10-23-18(25-12(2)28)9-15(13)26-17-6-4-5-16(27-17)19(3,20)21/h4-10H,1-3H3,(H2,23,25,26,27,28). The quantitative estimate of drug-likeness (QED) is 0.689. The molecule has 2 N–H and O–H groups in total. The predicted octanol–water partition coefficient (Wildman–Crippen LogP) is 4.06. The number of halogens is 2. The monoisotopic (exact) mass is 384 g/mol. The van der Waals surface area contributed by atoms with Crippen LogP contribution in [0.5, 0.6) is 0 Å². The number of alkyl halides is 2. The SMILES string of the molecule is CC(=O)Nc1cc(Nc2cccc(C(C)(F)F)n2)c(-c2ccnc(C)n2)cn1. The third kappa shape index (κ3) is 4.61. The summed E-state index contributed by atoms with van der Waals surface area (Å²) < 4.78 is 27.2. The van der Waals surface area contributed by atoms with Crippen molar-refractivity contribution >= 4 is 23.2 Å². The van der Waals surface area contributed by atoms with Gasteiger partial charge in [0.25, 0.3) is 5.92 Å². The Morgan fingerprint density at radius 3 is 2.57 bits per heavy atom. The molecule has 3 aromatic rings. The molecule has 0 aliphatic heterocycles. The predicted molar refractivity (Wildman–Crippen MR) is 101 cm³/mol. The van der Waals surface area contributed by atoms with Gasteiger partial charge < -0.3 is 10.6 Å². The van der Waals surface area contributed by atoms with Crippen molar-refractivity contribution in [2.45, 2.75) is 26.7 Å². The van der Waals surface area contributed by atoms with Crippen LogP contribution in [0.1, 0.15) is 25.4 Å². The summed E-state index contributed by atoms with van der Waals surface area (Å²) in [7, 11) is 0. The van der Waals surface area contributed by atoms with Gasteiger partial charge in [0, 0.05) is 37.9 Å². The number of carbonyl (C=O) groups excluding carboxylic acids is 1. The van der Waals surface area contributed by atoms with E-state index in [1.54, 1.807) is 31.3 Å². The molecule has 3 aromatic heterocycles. The second kappa shape index (κ2) is 7.63. The lowest BCUT2D eigenvalue weighted by molar-refractivity contribution is -0.114. The van der Waals surface area contributed by atoms with Crippen LogP contribution < -0.4 is 10.6 Å². The Hall–Kier alpha value is -3.49. The average molecular weight is 384 g/mol. The fourth-order valence-electron chi connectivity index (χ4n) is 2.50. The van der Waals surface area contributed by atoms with Crippen LogP contribution >= 0.6 is 0 Å². The summed E-state index contributed by atoms with van der Waals surface area (Å²) in [6.45, 7) is 3.91. The smallest absolute Gasteiger partial charge is 0.287 e. The van der Waals surface area contributed by atoms with Crippen molar-refractivity contribution in [3.05, 3.63) is 54.2 Å². The highest BCUT2D eigenvalue weighted by Gasteiger charge is 2.26. The molecule has 0 bridgehead atoms. The maximum atomic E-state index is 13.6. The van der Waals surface area contributed by atoms with Gasteiger partial charge in [0.05, 0.1) is 11.4 Å². The van der Waals surface area contributed by atoms with Crippen molar-refractivity contribution in [1.82, 2.24) is 19.9 Å². The van der Waals surface area contributed by atoms with Crippen LogP contribution in [0.4, 0.5) is 26.1 Å². The zero-order chi connectivity index (χ0) is 20.3. The van der Waals surface area contributed by atoms with Crippen LogP contribution in [0.2, 0.25) is 0 Å². The van der Waals surface area contributed by atoms with Gasteiger partial charge in [-0.2, -0.15) is 8.78 Å². The highest BCUT2D eigenvalue weighted by atomic mass is 19.3. The molecule has 3 rings (SSSR count).